The Morgan fingerprint density at radius 2 is 1.75 bits per heavy atom. The highest BCUT2D eigenvalue weighted by molar-refractivity contribution is 14.1. The average molecular weight is 376 g/mol. The highest BCUT2D eigenvalue weighted by Crippen LogP contribution is 2.22. The molecule has 0 aliphatic heterocycles. The highest BCUT2D eigenvalue weighted by atomic mass is 127. The minimum absolute atomic E-state index is 0.173. The molecule has 1 aliphatic rings. The number of nitrogens with zero attached hydrogens (tertiary/aromatic N) is 1. The molecule has 98 valence electrons. The van der Waals surface area contributed by atoms with Crippen molar-refractivity contribution in [3.05, 3.63) is 69.1 Å². The van der Waals surface area contributed by atoms with Crippen LogP contribution in [0.2, 0.25) is 0 Å². The molecule has 1 N–H and O–H groups in total. The smallest absolute Gasteiger partial charge is 0.210 e. The van der Waals surface area contributed by atoms with Crippen LogP contribution in [0.5, 0.6) is 0 Å². The minimum Gasteiger partial charge on any atom is -0.337 e. The molecule has 2 aromatic rings. The van der Waals surface area contributed by atoms with E-state index in [4.69, 9.17) is 0 Å². The molecule has 1 aliphatic carbocycles. The second-order valence-electron chi connectivity index (χ2n) is 4.28. The van der Waals surface area contributed by atoms with Crippen LogP contribution in [0.4, 0.5) is 5.82 Å². The molecule has 1 aromatic heterocycles. The van der Waals surface area contributed by atoms with Crippen LogP contribution in [-0.2, 0) is 0 Å². The number of carbonyl (C=O) groups excluding carboxylic acids is 2. The van der Waals surface area contributed by atoms with E-state index in [1.165, 1.54) is 6.08 Å². The molecule has 0 unspecified atom stereocenters. The Morgan fingerprint density at radius 3 is 2.45 bits per heavy atom. The molecule has 1 aromatic carbocycles. The van der Waals surface area contributed by atoms with Gasteiger partial charge in [-0.3, -0.25) is 9.59 Å². The number of allylic oxidation sites excluding steroid dienone is 2. The summed E-state index contributed by atoms with van der Waals surface area (Å²) in [5.41, 5.74) is 1.12. The lowest BCUT2D eigenvalue weighted by Crippen LogP contribution is -2.21. The van der Waals surface area contributed by atoms with Crippen molar-refractivity contribution in [3.63, 3.8) is 0 Å². The summed E-state index contributed by atoms with van der Waals surface area (Å²) in [4.78, 5) is 28.5. The first kappa shape index (κ1) is 13.0. The number of ketones is 2. The number of aromatic nitrogens is 1. The summed E-state index contributed by atoms with van der Waals surface area (Å²) in [6.07, 6.45) is 3.01. The van der Waals surface area contributed by atoms with Gasteiger partial charge in [-0.05, 0) is 34.7 Å². The maximum atomic E-state index is 12.3. The van der Waals surface area contributed by atoms with Crippen LogP contribution < -0.4 is 5.32 Å². The molecule has 5 heteroatoms. The van der Waals surface area contributed by atoms with Gasteiger partial charge in [0.1, 0.15) is 5.82 Å². The van der Waals surface area contributed by atoms with Gasteiger partial charge in [-0.15, -0.1) is 0 Å². The first-order valence-electron chi connectivity index (χ1n) is 5.93. The maximum absolute atomic E-state index is 12.3. The Balaban J connectivity index is 1.94. The number of hydrogen-bond acceptors (Lipinski definition) is 4. The summed E-state index contributed by atoms with van der Waals surface area (Å²) in [7, 11) is 0. The van der Waals surface area contributed by atoms with Crippen molar-refractivity contribution < 1.29 is 9.59 Å². The fourth-order valence-corrected chi connectivity index (χ4v) is 2.32. The van der Waals surface area contributed by atoms with Gasteiger partial charge in [-0.25, -0.2) is 4.98 Å². The second kappa shape index (κ2) is 5.16. The van der Waals surface area contributed by atoms with Crippen molar-refractivity contribution in [1.29, 1.82) is 0 Å². The lowest BCUT2D eigenvalue weighted by atomic mass is 9.93. The molecule has 4 nitrogen and oxygen atoms in total. The monoisotopic (exact) mass is 376 g/mol. The van der Waals surface area contributed by atoms with E-state index in [2.05, 4.69) is 32.9 Å². The average Bonchev–Trinajstić information content (AvgIpc) is 2.47. The van der Waals surface area contributed by atoms with E-state index in [1.807, 2.05) is 6.07 Å². The van der Waals surface area contributed by atoms with E-state index >= 15 is 0 Å². The van der Waals surface area contributed by atoms with Crippen molar-refractivity contribution >= 4 is 40.0 Å². The van der Waals surface area contributed by atoms with Gasteiger partial charge in [0.15, 0.2) is 5.78 Å². The molecule has 0 bridgehead atoms. The molecular formula is C15H9IN2O2. The van der Waals surface area contributed by atoms with Crippen LogP contribution in [0.3, 0.4) is 0 Å². The molecule has 1 heterocycles. The van der Waals surface area contributed by atoms with Gasteiger partial charge >= 0.3 is 0 Å². The fourth-order valence-electron chi connectivity index (χ4n) is 2.00. The standard InChI is InChI=1S/C15H9IN2O2/c16-9-5-6-14(17-8-9)18-12-7-13(19)10-3-1-2-4-11(10)15(12)20/h1-8H,(H,17,18). The zero-order chi connectivity index (χ0) is 14.1. The van der Waals surface area contributed by atoms with E-state index in [9.17, 15) is 9.59 Å². The summed E-state index contributed by atoms with van der Waals surface area (Å²) in [5.74, 6) is 0.172. The van der Waals surface area contributed by atoms with E-state index < -0.39 is 0 Å². The van der Waals surface area contributed by atoms with Crippen molar-refractivity contribution in [2.75, 3.05) is 5.32 Å². The Labute approximate surface area is 129 Å². The van der Waals surface area contributed by atoms with Crippen LogP contribution in [-0.4, -0.2) is 16.6 Å². The Hall–Kier alpha value is -2.02. The highest BCUT2D eigenvalue weighted by Gasteiger charge is 2.25. The fraction of sp³-hybridized carbons (Fsp3) is 0. The lowest BCUT2D eigenvalue weighted by molar-refractivity contribution is 0.0985. The number of hydrogen-bond donors (Lipinski definition) is 1. The summed E-state index contributed by atoms with van der Waals surface area (Å²) < 4.78 is 0.999. The third kappa shape index (κ3) is 2.36. The Morgan fingerprint density at radius 1 is 1.00 bits per heavy atom. The van der Waals surface area contributed by atoms with Crippen LogP contribution in [0.25, 0.3) is 0 Å². The molecule has 0 atom stereocenters. The topological polar surface area (TPSA) is 59.1 Å². The zero-order valence-corrected chi connectivity index (χ0v) is 12.4. The predicted molar refractivity (Wildman–Crippen MR) is 83.8 cm³/mol. The summed E-state index contributed by atoms with van der Waals surface area (Å²) in [6, 6.07) is 10.4. The van der Waals surface area contributed by atoms with Crippen molar-refractivity contribution in [3.8, 4) is 0 Å². The summed E-state index contributed by atoms with van der Waals surface area (Å²) in [6.45, 7) is 0. The SMILES string of the molecule is O=C1C=C(Nc2ccc(I)cn2)C(=O)c2ccccc21. The van der Waals surface area contributed by atoms with Crippen LogP contribution in [0, 0.1) is 3.57 Å². The number of Topliss-reactive ketones (excluding diaryl/α,β-unsaturated/α-hetero) is 1. The van der Waals surface area contributed by atoms with Gasteiger partial charge in [0.25, 0.3) is 0 Å². The summed E-state index contributed by atoms with van der Waals surface area (Å²) in [5, 5.41) is 2.91. The van der Waals surface area contributed by atoms with Gasteiger partial charge in [-0.1, -0.05) is 24.3 Å². The number of carbonyl (C=O) groups is 2. The number of anilines is 1. The van der Waals surface area contributed by atoms with Gasteiger partial charge in [0, 0.05) is 27.0 Å². The first-order valence-corrected chi connectivity index (χ1v) is 7.01. The van der Waals surface area contributed by atoms with E-state index in [0.29, 0.717) is 16.9 Å². The molecule has 3 rings (SSSR count). The number of pyridine rings is 1. The molecule has 0 saturated heterocycles. The first-order chi connectivity index (χ1) is 9.65. The number of nitrogens with one attached hydrogen (secondary N) is 1. The second-order valence-corrected chi connectivity index (χ2v) is 5.53. The van der Waals surface area contributed by atoms with Gasteiger partial charge in [0.05, 0.1) is 5.70 Å². The molecular weight excluding hydrogens is 367 g/mol. The molecule has 20 heavy (non-hydrogen) atoms. The number of benzene rings is 1. The molecule has 0 amide bonds. The van der Waals surface area contributed by atoms with Crippen molar-refractivity contribution in [2.24, 2.45) is 0 Å². The van der Waals surface area contributed by atoms with Crippen molar-refractivity contribution in [1.82, 2.24) is 4.98 Å². The van der Waals surface area contributed by atoms with E-state index in [-0.39, 0.29) is 17.3 Å². The number of rotatable bonds is 2. The van der Waals surface area contributed by atoms with Crippen LogP contribution in [0.15, 0.2) is 54.4 Å². The van der Waals surface area contributed by atoms with Gasteiger partial charge < -0.3 is 5.32 Å². The van der Waals surface area contributed by atoms with Crippen LogP contribution >= 0.6 is 22.6 Å². The summed E-state index contributed by atoms with van der Waals surface area (Å²) >= 11 is 2.15. The molecule has 0 fully saturated rings. The predicted octanol–water partition coefficient (Wildman–Crippen LogP) is 3.06. The molecule has 0 radical (unpaired) electrons. The Bertz CT molecular complexity index is 736. The molecule has 0 saturated carbocycles. The maximum Gasteiger partial charge on any atom is 0.210 e. The van der Waals surface area contributed by atoms with E-state index in [0.717, 1.165) is 3.57 Å². The van der Waals surface area contributed by atoms with E-state index in [1.54, 1.807) is 36.5 Å². The number of fused-ring (bicyclic) bond motifs is 1. The third-order valence-electron chi connectivity index (χ3n) is 2.95. The quantitative estimate of drug-likeness (QED) is 0.819. The Kier molecular flexibility index (Phi) is 3.35. The lowest BCUT2D eigenvalue weighted by Gasteiger charge is -2.15. The molecule has 0 spiro atoms. The third-order valence-corrected chi connectivity index (χ3v) is 3.59. The van der Waals surface area contributed by atoms with Crippen LogP contribution in [0.1, 0.15) is 20.7 Å². The zero-order valence-electron chi connectivity index (χ0n) is 10.3. The van der Waals surface area contributed by atoms with Gasteiger partial charge in [-0.2, -0.15) is 0 Å². The van der Waals surface area contributed by atoms with Gasteiger partial charge in [0.2, 0.25) is 5.78 Å². The van der Waals surface area contributed by atoms with Crippen molar-refractivity contribution in [2.45, 2.75) is 0 Å². The minimum atomic E-state index is -0.194. The number of halogens is 1. The largest absolute Gasteiger partial charge is 0.337 e. The normalized spacial score (nSPS) is 13.8.